The molecule has 0 aliphatic rings. The van der Waals surface area contributed by atoms with E-state index in [-0.39, 0.29) is 11.7 Å². The van der Waals surface area contributed by atoms with Crippen LogP contribution in [0.4, 0.5) is 4.39 Å². The summed E-state index contributed by atoms with van der Waals surface area (Å²) in [5.41, 5.74) is 1.84. The quantitative estimate of drug-likeness (QED) is 0.871. The molecule has 0 aliphatic heterocycles. The van der Waals surface area contributed by atoms with E-state index in [2.05, 4.69) is 5.32 Å². The molecule has 0 spiro atoms. The average molecular weight is 273 g/mol. The number of ether oxygens (including phenoxy) is 1. The van der Waals surface area contributed by atoms with Gasteiger partial charge in [0.25, 0.3) is 0 Å². The molecule has 0 aliphatic carbocycles. The third kappa shape index (κ3) is 3.36. The maximum Gasteiger partial charge on any atom is 0.126 e. The van der Waals surface area contributed by atoms with Crippen molar-refractivity contribution in [2.45, 2.75) is 12.3 Å². The smallest absolute Gasteiger partial charge is 0.126 e. The van der Waals surface area contributed by atoms with Gasteiger partial charge in [-0.1, -0.05) is 36.4 Å². The summed E-state index contributed by atoms with van der Waals surface area (Å²) in [5, 5.41) is 3.14. The van der Waals surface area contributed by atoms with Crippen molar-refractivity contribution >= 4 is 0 Å². The molecule has 2 aromatic rings. The molecule has 20 heavy (non-hydrogen) atoms. The summed E-state index contributed by atoms with van der Waals surface area (Å²) < 4.78 is 19.4. The zero-order chi connectivity index (χ0) is 14.4. The Hall–Kier alpha value is -1.87. The van der Waals surface area contributed by atoms with Gasteiger partial charge < -0.3 is 10.1 Å². The lowest BCUT2D eigenvalue weighted by atomic mass is 9.91. The Kier molecular flexibility index (Phi) is 5.13. The van der Waals surface area contributed by atoms with Gasteiger partial charge in [-0.15, -0.1) is 0 Å². The van der Waals surface area contributed by atoms with E-state index in [9.17, 15) is 4.39 Å². The fourth-order valence-electron chi connectivity index (χ4n) is 2.48. The Morgan fingerprint density at radius 2 is 1.80 bits per heavy atom. The van der Waals surface area contributed by atoms with Crippen LogP contribution in [0.15, 0.2) is 48.5 Å². The lowest BCUT2D eigenvalue weighted by molar-refractivity contribution is 0.407. The second-order valence-electron chi connectivity index (χ2n) is 4.79. The van der Waals surface area contributed by atoms with E-state index in [4.69, 9.17) is 4.74 Å². The van der Waals surface area contributed by atoms with E-state index in [0.29, 0.717) is 0 Å². The van der Waals surface area contributed by atoms with Crippen molar-refractivity contribution in [3.05, 3.63) is 65.5 Å². The summed E-state index contributed by atoms with van der Waals surface area (Å²) in [6.07, 6.45) is 0.742. The largest absolute Gasteiger partial charge is 0.496 e. The van der Waals surface area contributed by atoms with E-state index in [1.807, 2.05) is 43.4 Å². The second-order valence-corrected chi connectivity index (χ2v) is 4.79. The number of methoxy groups -OCH3 is 1. The predicted molar refractivity (Wildman–Crippen MR) is 79.8 cm³/mol. The van der Waals surface area contributed by atoms with Crippen LogP contribution in [0.25, 0.3) is 0 Å². The zero-order valence-electron chi connectivity index (χ0n) is 11.9. The van der Waals surface area contributed by atoms with Crippen LogP contribution in [-0.2, 0) is 6.42 Å². The highest BCUT2D eigenvalue weighted by Crippen LogP contribution is 2.27. The summed E-state index contributed by atoms with van der Waals surface area (Å²) in [4.78, 5) is 0. The first-order chi connectivity index (χ1) is 9.76. The molecule has 0 aromatic heterocycles. The molecular formula is C17H20FNO. The van der Waals surface area contributed by atoms with E-state index in [0.717, 1.165) is 29.8 Å². The molecule has 2 rings (SSSR count). The zero-order valence-corrected chi connectivity index (χ0v) is 11.9. The maximum absolute atomic E-state index is 14.0. The van der Waals surface area contributed by atoms with E-state index < -0.39 is 0 Å². The topological polar surface area (TPSA) is 21.3 Å². The van der Waals surface area contributed by atoms with E-state index >= 15 is 0 Å². The van der Waals surface area contributed by atoms with Gasteiger partial charge in [0.1, 0.15) is 11.6 Å². The molecular weight excluding hydrogens is 253 g/mol. The Morgan fingerprint density at radius 1 is 1.10 bits per heavy atom. The monoisotopic (exact) mass is 273 g/mol. The summed E-state index contributed by atoms with van der Waals surface area (Å²) in [6, 6.07) is 14.9. The fraction of sp³-hybridized carbons (Fsp3) is 0.294. The van der Waals surface area contributed by atoms with Crippen LogP contribution in [0.2, 0.25) is 0 Å². The molecule has 2 aromatic carbocycles. The predicted octanol–water partition coefficient (Wildman–Crippen LogP) is 3.38. The number of halogens is 1. The van der Waals surface area contributed by atoms with Crippen molar-refractivity contribution in [3.63, 3.8) is 0 Å². The molecule has 1 N–H and O–H groups in total. The first kappa shape index (κ1) is 14.5. The number of hydrogen-bond donors (Lipinski definition) is 1. The van der Waals surface area contributed by atoms with E-state index in [1.54, 1.807) is 13.2 Å². The minimum atomic E-state index is -0.150. The van der Waals surface area contributed by atoms with E-state index in [1.165, 1.54) is 6.07 Å². The molecule has 0 radical (unpaired) electrons. The SMILES string of the molecule is CNCC(Cc1ccccc1OC)c1ccccc1F. The van der Waals surface area contributed by atoms with Crippen LogP contribution in [0.5, 0.6) is 5.75 Å². The van der Waals surface area contributed by atoms with Crippen LogP contribution in [0.1, 0.15) is 17.0 Å². The Balaban J connectivity index is 2.28. The van der Waals surface area contributed by atoms with Crippen molar-refractivity contribution in [3.8, 4) is 5.75 Å². The number of nitrogens with one attached hydrogen (secondary N) is 1. The average Bonchev–Trinajstić information content (AvgIpc) is 2.48. The lowest BCUT2D eigenvalue weighted by Gasteiger charge is -2.19. The maximum atomic E-state index is 14.0. The lowest BCUT2D eigenvalue weighted by Crippen LogP contribution is -2.20. The highest BCUT2D eigenvalue weighted by atomic mass is 19.1. The van der Waals surface area contributed by atoms with Gasteiger partial charge in [0.2, 0.25) is 0 Å². The van der Waals surface area contributed by atoms with Gasteiger partial charge in [-0.2, -0.15) is 0 Å². The van der Waals surface area contributed by atoms with Crippen LogP contribution < -0.4 is 10.1 Å². The summed E-state index contributed by atoms with van der Waals surface area (Å²) in [6.45, 7) is 0.721. The van der Waals surface area contributed by atoms with Crippen molar-refractivity contribution < 1.29 is 9.13 Å². The number of para-hydroxylation sites is 1. The van der Waals surface area contributed by atoms with Gasteiger partial charge in [0.15, 0.2) is 0 Å². The van der Waals surface area contributed by atoms with Crippen LogP contribution in [0, 0.1) is 5.82 Å². The van der Waals surface area contributed by atoms with Gasteiger partial charge >= 0.3 is 0 Å². The molecule has 0 amide bonds. The molecule has 0 heterocycles. The van der Waals surface area contributed by atoms with Gasteiger partial charge in [-0.25, -0.2) is 4.39 Å². The molecule has 1 unspecified atom stereocenters. The molecule has 1 atom stereocenters. The first-order valence-electron chi connectivity index (χ1n) is 6.77. The van der Waals surface area contributed by atoms with Gasteiger partial charge in [0, 0.05) is 12.5 Å². The third-order valence-electron chi connectivity index (χ3n) is 3.45. The normalized spacial score (nSPS) is 12.2. The minimum Gasteiger partial charge on any atom is -0.496 e. The second kappa shape index (κ2) is 7.06. The number of rotatable bonds is 6. The Labute approximate surface area is 119 Å². The first-order valence-corrected chi connectivity index (χ1v) is 6.77. The third-order valence-corrected chi connectivity index (χ3v) is 3.45. The molecule has 0 saturated heterocycles. The standard InChI is InChI=1S/C17H20FNO/c1-19-12-14(15-8-4-5-9-16(15)18)11-13-7-3-6-10-17(13)20-2/h3-10,14,19H,11-12H2,1-2H3. The molecule has 2 nitrogen and oxygen atoms in total. The van der Waals surface area contributed by atoms with Gasteiger partial charge in [-0.05, 0) is 36.7 Å². The van der Waals surface area contributed by atoms with Crippen LogP contribution in [-0.4, -0.2) is 20.7 Å². The minimum absolute atomic E-state index is 0.0810. The van der Waals surface area contributed by atoms with Crippen LogP contribution >= 0.6 is 0 Å². The Bertz CT molecular complexity index is 556. The van der Waals surface area contributed by atoms with Crippen molar-refractivity contribution in [2.24, 2.45) is 0 Å². The van der Waals surface area contributed by atoms with Crippen molar-refractivity contribution in [1.29, 1.82) is 0 Å². The fourth-order valence-corrected chi connectivity index (χ4v) is 2.48. The molecule has 106 valence electrons. The number of hydrogen-bond acceptors (Lipinski definition) is 2. The summed E-state index contributed by atoms with van der Waals surface area (Å²) >= 11 is 0. The molecule has 0 saturated carbocycles. The highest BCUT2D eigenvalue weighted by Gasteiger charge is 2.17. The van der Waals surface area contributed by atoms with Gasteiger partial charge in [0.05, 0.1) is 7.11 Å². The van der Waals surface area contributed by atoms with Gasteiger partial charge in [-0.3, -0.25) is 0 Å². The molecule has 3 heteroatoms. The number of likely N-dealkylation sites (N-methyl/N-ethyl adjacent to an activating group) is 1. The summed E-state index contributed by atoms with van der Waals surface area (Å²) in [5.74, 6) is 0.782. The van der Waals surface area contributed by atoms with Crippen molar-refractivity contribution in [1.82, 2.24) is 5.32 Å². The summed E-state index contributed by atoms with van der Waals surface area (Å²) in [7, 11) is 3.55. The number of benzene rings is 2. The Morgan fingerprint density at radius 3 is 2.50 bits per heavy atom. The van der Waals surface area contributed by atoms with Crippen molar-refractivity contribution in [2.75, 3.05) is 20.7 Å². The van der Waals surface area contributed by atoms with Crippen LogP contribution in [0.3, 0.4) is 0 Å². The molecule has 0 fully saturated rings. The highest BCUT2D eigenvalue weighted by molar-refractivity contribution is 5.35. The molecule has 0 bridgehead atoms.